The summed E-state index contributed by atoms with van der Waals surface area (Å²) in [6, 6.07) is 1.36. The zero-order valence-corrected chi connectivity index (χ0v) is 23.2. The first-order valence-corrected chi connectivity index (χ1v) is 14.5. The van der Waals surface area contributed by atoms with E-state index in [0.717, 1.165) is 0 Å². The summed E-state index contributed by atoms with van der Waals surface area (Å²) in [5.41, 5.74) is 0.0169. The lowest BCUT2D eigenvalue weighted by atomic mass is 9.89. The summed E-state index contributed by atoms with van der Waals surface area (Å²) in [6.07, 6.45) is 5.13. The van der Waals surface area contributed by atoms with Gasteiger partial charge >= 0.3 is 6.61 Å². The number of anilines is 1. The van der Waals surface area contributed by atoms with E-state index in [1.54, 1.807) is 6.92 Å². The summed E-state index contributed by atoms with van der Waals surface area (Å²) in [6.45, 7) is 5.08. The van der Waals surface area contributed by atoms with Crippen molar-refractivity contribution in [3.05, 3.63) is 23.0 Å². The number of carbonyl (C=O) groups is 1. The van der Waals surface area contributed by atoms with Crippen molar-refractivity contribution in [3.63, 3.8) is 0 Å². The van der Waals surface area contributed by atoms with Crippen molar-refractivity contribution in [1.82, 2.24) is 20.1 Å². The Kier molecular flexibility index (Phi) is 9.05. The van der Waals surface area contributed by atoms with E-state index >= 15 is 0 Å². The van der Waals surface area contributed by atoms with E-state index in [9.17, 15) is 22.0 Å². The molecule has 0 saturated heterocycles. The van der Waals surface area contributed by atoms with E-state index in [4.69, 9.17) is 16.3 Å². The highest BCUT2D eigenvalue weighted by molar-refractivity contribution is 7.91. The molecule has 1 aliphatic rings. The predicted molar refractivity (Wildman–Crippen MR) is 139 cm³/mol. The summed E-state index contributed by atoms with van der Waals surface area (Å²) < 4.78 is 56.3. The van der Waals surface area contributed by atoms with Crippen molar-refractivity contribution in [2.75, 3.05) is 18.1 Å². The number of carbonyl (C=O) groups excluding carboxylic acids is 1. The first-order chi connectivity index (χ1) is 17.2. The molecule has 0 spiro atoms. The van der Waals surface area contributed by atoms with Gasteiger partial charge in [-0.15, -0.1) is 0 Å². The van der Waals surface area contributed by atoms with Gasteiger partial charge < -0.3 is 15.4 Å². The molecule has 1 amide bonds. The first kappa shape index (κ1) is 29.1. The van der Waals surface area contributed by atoms with Gasteiger partial charge in [-0.3, -0.25) is 9.48 Å². The van der Waals surface area contributed by atoms with Crippen LogP contribution in [0.5, 0.6) is 5.75 Å². The third kappa shape index (κ3) is 7.53. The number of aryl methyl sites for hydroxylation is 1. The Morgan fingerprint density at radius 1 is 1.27 bits per heavy atom. The van der Waals surface area contributed by atoms with Crippen LogP contribution < -0.4 is 15.4 Å². The summed E-state index contributed by atoms with van der Waals surface area (Å²) in [4.78, 5) is 17.3. The number of pyridine rings is 1. The highest BCUT2D eigenvalue weighted by Gasteiger charge is 2.30. The van der Waals surface area contributed by atoms with Gasteiger partial charge in [-0.25, -0.2) is 13.4 Å². The van der Waals surface area contributed by atoms with Crippen molar-refractivity contribution < 1.29 is 26.7 Å². The average Bonchev–Trinajstić information content (AvgIpc) is 3.12. The number of alkyl halides is 2. The lowest BCUT2D eigenvalue weighted by Crippen LogP contribution is -2.34. The maximum Gasteiger partial charge on any atom is 0.387 e. The number of amides is 1. The summed E-state index contributed by atoms with van der Waals surface area (Å²) in [7, 11) is -3.07. The second-order valence-corrected chi connectivity index (χ2v) is 13.0. The molecule has 37 heavy (non-hydrogen) atoms. The van der Waals surface area contributed by atoms with Crippen LogP contribution in [0, 0.1) is 5.92 Å². The zero-order valence-electron chi connectivity index (χ0n) is 21.6. The summed E-state index contributed by atoms with van der Waals surface area (Å²) in [5.74, 6) is -0.164. The van der Waals surface area contributed by atoms with Gasteiger partial charge in [0, 0.05) is 37.1 Å². The summed E-state index contributed by atoms with van der Waals surface area (Å²) >= 11 is 6.59. The van der Waals surface area contributed by atoms with Crippen LogP contribution >= 0.6 is 11.6 Å². The van der Waals surface area contributed by atoms with Crippen LogP contribution in [0.2, 0.25) is 5.02 Å². The van der Waals surface area contributed by atoms with E-state index in [0.29, 0.717) is 44.6 Å². The zero-order chi connectivity index (χ0) is 27.5. The van der Waals surface area contributed by atoms with E-state index in [1.807, 2.05) is 20.8 Å². The third-order valence-corrected chi connectivity index (χ3v) is 8.24. The Morgan fingerprint density at radius 3 is 2.46 bits per heavy atom. The molecular weight excluding hydrogens is 528 g/mol. The van der Waals surface area contributed by atoms with Gasteiger partial charge in [-0.2, -0.15) is 13.9 Å². The van der Waals surface area contributed by atoms with Crippen LogP contribution in [-0.4, -0.2) is 59.3 Å². The molecule has 0 atom stereocenters. The molecule has 13 heteroatoms. The van der Waals surface area contributed by atoms with Gasteiger partial charge in [0.15, 0.2) is 5.69 Å². The molecule has 0 aromatic carbocycles. The van der Waals surface area contributed by atoms with Crippen molar-refractivity contribution in [3.8, 4) is 17.0 Å². The molecule has 1 aliphatic carbocycles. The fourth-order valence-electron chi connectivity index (χ4n) is 4.42. The molecule has 2 aromatic heterocycles. The lowest BCUT2D eigenvalue weighted by molar-refractivity contribution is -0.0494. The monoisotopic (exact) mass is 561 g/mol. The average molecular weight is 562 g/mol. The molecule has 2 aromatic rings. The van der Waals surface area contributed by atoms with Crippen LogP contribution in [0.1, 0.15) is 63.9 Å². The highest BCUT2D eigenvalue weighted by Crippen LogP contribution is 2.38. The second kappa shape index (κ2) is 11.5. The number of rotatable bonds is 9. The number of hydrogen-bond donors (Lipinski definition) is 2. The van der Waals surface area contributed by atoms with Gasteiger partial charge in [-0.1, -0.05) is 11.6 Å². The summed E-state index contributed by atoms with van der Waals surface area (Å²) in [5, 5.41) is 9.93. The minimum atomic E-state index is -3.08. The number of hydrogen-bond acceptors (Lipinski definition) is 7. The Labute approximate surface area is 221 Å². The molecule has 0 unspecified atom stereocenters. The smallest absolute Gasteiger partial charge is 0.387 e. The van der Waals surface area contributed by atoms with Crippen molar-refractivity contribution in [1.29, 1.82) is 0 Å². The Hall–Kier alpha value is -2.47. The maximum atomic E-state index is 13.3. The SMILES string of the molecule is CCn1nc(C(=O)NCC2CCC(S(C)(=O)=O)CC2)c(Cl)c1-c1cnc(NC(C)(C)C)cc1OC(F)F. The van der Waals surface area contributed by atoms with Crippen molar-refractivity contribution >= 4 is 33.2 Å². The lowest BCUT2D eigenvalue weighted by Gasteiger charge is -2.27. The van der Waals surface area contributed by atoms with Gasteiger partial charge in [0.25, 0.3) is 5.91 Å². The van der Waals surface area contributed by atoms with Crippen LogP contribution in [0.15, 0.2) is 12.3 Å². The Bertz CT molecular complexity index is 1220. The van der Waals surface area contributed by atoms with Crippen molar-refractivity contribution in [2.24, 2.45) is 5.92 Å². The third-order valence-electron chi connectivity index (χ3n) is 6.20. The minimum Gasteiger partial charge on any atom is -0.434 e. The van der Waals surface area contributed by atoms with Crippen LogP contribution in [0.25, 0.3) is 11.3 Å². The standard InChI is InChI=1S/C24H34ClF2N5O4S/c1-6-32-21(16-13-28-18(30-24(2,3)4)11-17(16)36-23(26)27)19(25)20(31-32)22(33)29-12-14-7-9-15(10-8-14)37(5,34)35/h11,13-15,23H,6-10,12H2,1-5H3,(H,28,30)(H,29,33). The van der Waals surface area contributed by atoms with Crippen LogP contribution in [-0.2, 0) is 16.4 Å². The molecule has 0 radical (unpaired) electrons. The molecule has 206 valence electrons. The van der Waals surface area contributed by atoms with Gasteiger partial charge in [-0.05, 0) is 59.3 Å². The molecule has 1 saturated carbocycles. The molecule has 0 aliphatic heterocycles. The maximum absolute atomic E-state index is 13.3. The molecule has 9 nitrogen and oxygen atoms in total. The quantitative estimate of drug-likeness (QED) is 0.453. The fraction of sp³-hybridized carbons (Fsp3) is 0.625. The fourth-order valence-corrected chi connectivity index (χ4v) is 5.87. The Balaban J connectivity index is 1.83. The van der Waals surface area contributed by atoms with E-state index < -0.39 is 22.4 Å². The van der Waals surface area contributed by atoms with E-state index in [2.05, 4.69) is 20.7 Å². The number of ether oxygens (including phenoxy) is 1. The number of nitrogens with zero attached hydrogens (tertiary/aromatic N) is 3. The molecule has 1 fully saturated rings. The molecule has 0 bridgehead atoms. The highest BCUT2D eigenvalue weighted by atomic mass is 35.5. The van der Waals surface area contributed by atoms with E-state index in [1.165, 1.54) is 23.2 Å². The number of sulfone groups is 1. The number of nitrogens with one attached hydrogen (secondary N) is 2. The topological polar surface area (TPSA) is 115 Å². The normalized spacial score (nSPS) is 18.6. The van der Waals surface area contributed by atoms with Gasteiger partial charge in [0.2, 0.25) is 0 Å². The Morgan fingerprint density at radius 2 is 1.92 bits per heavy atom. The van der Waals surface area contributed by atoms with Gasteiger partial charge in [0.1, 0.15) is 21.4 Å². The van der Waals surface area contributed by atoms with Crippen LogP contribution in [0.4, 0.5) is 14.6 Å². The van der Waals surface area contributed by atoms with Gasteiger partial charge in [0.05, 0.1) is 21.5 Å². The molecule has 2 N–H and O–H groups in total. The van der Waals surface area contributed by atoms with Crippen LogP contribution in [0.3, 0.4) is 0 Å². The number of halogens is 3. The molecule has 3 rings (SSSR count). The second-order valence-electron chi connectivity index (χ2n) is 10.3. The van der Waals surface area contributed by atoms with E-state index in [-0.39, 0.29) is 44.4 Å². The number of aromatic nitrogens is 3. The largest absolute Gasteiger partial charge is 0.434 e. The molecule has 2 heterocycles. The first-order valence-electron chi connectivity index (χ1n) is 12.2. The molecular formula is C24H34ClF2N5O4S. The predicted octanol–water partition coefficient (Wildman–Crippen LogP) is 4.76. The minimum absolute atomic E-state index is 0.00224. The van der Waals surface area contributed by atoms with Crippen molar-refractivity contribution in [2.45, 2.75) is 77.3 Å².